The third kappa shape index (κ3) is 2.88. The minimum atomic E-state index is -0.432. The summed E-state index contributed by atoms with van der Waals surface area (Å²) < 4.78 is 4.84. The van der Waals surface area contributed by atoms with E-state index in [1.54, 1.807) is 30.3 Å². The first-order valence-electron chi connectivity index (χ1n) is 3.88. The highest BCUT2D eigenvalue weighted by Crippen LogP contribution is 2.16. The molecule has 0 saturated carbocycles. The van der Waals surface area contributed by atoms with E-state index in [4.69, 9.17) is 5.11 Å². The highest BCUT2D eigenvalue weighted by atomic mass is 79.9. The van der Waals surface area contributed by atoms with Crippen molar-refractivity contribution >= 4 is 28.0 Å². The quantitative estimate of drug-likeness (QED) is 0.653. The maximum Gasteiger partial charge on any atom is 0.344 e. The number of hydrogen-bond donors (Lipinski definition) is 1. The van der Waals surface area contributed by atoms with Gasteiger partial charge < -0.3 is 9.84 Å². The highest BCUT2D eigenvalue weighted by Gasteiger charge is 2.04. The summed E-state index contributed by atoms with van der Waals surface area (Å²) in [5.74, 6) is -0.241. The lowest BCUT2D eigenvalue weighted by Gasteiger charge is -1.97. The lowest BCUT2D eigenvalue weighted by molar-refractivity contribution is -0.135. The number of benzene rings is 1. The Morgan fingerprint density at radius 3 is 2.50 bits per heavy atom. The molecule has 1 aromatic carbocycles. The van der Waals surface area contributed by atoms with E-state index in [-0.39, 0.29) is 5.75 Å². The summed E-state index contributed by atoms with van der Waals surface area (Å²) in [6, 6.07) is 6.48. The van der Waals surface area contributed by atoms with Crippen LogP contribution in [0.15, 0.2) is 28.7 Å². The van der Waals surface area contributed by atoms with Gasteiger partial charge in [0.25, 0.3) is 0 Å². The minimum absolute atomic E-state index is 0.191. The van der Waals surface area contributed by atoms with Crippen LogP contribution in [0.25, 0.3) is 6.08 Å². The summed E-state index contributed by atoms with van der Waals surface area (Å²) in [6.45, 7) is 0. The van der Waals surface area contributed by atoms with Crippen LogP contribution in [0.1, 0.15) is 5.56 Å². The topological polar surface area (TPSA) is 46.5 Å². The average Bonchev–Trinajstić information content (AvgIpc) is 2.20. The fourth-order valence-corrected chi connectivity index (χ4v) is 1.30. The van der Waals surface area contributed by atoms with Gasteiger partial charge in [-0.05, 0) is 39.7 Å². The molecule has 74 valence electrons. The number of methoxy groups -OCH3 is 1. The summed E-state index contributed by atoms with van der Waals surface area (Å²) in [5.41, 5.74) is 0.806. The summed E-state index contributed by atoms with van der Waals surface area (Å²) >= 11 is 3.08. The van der Waals surface area contributed by atoms with Crippen LogP contribution in [0.2, 0.25) is 0 Å². The molecule has 4 heteroatoms. The number of rotatable bonds is 2. The lowest BCUT2D eigenvalue weighted by Crippen LogP contribution is -1.98. The summed E-state index contributed by atoms with van der Waals surface area (Å²) in [7, 11) is 1.31. The van der Waals surface area contributed by atoms with Gasteiger partial charge in [-0.15, -0.1) is 0 Å². The molecule has 0 aromatic heterocycles. The molecule has 0 spiro atoms. The number of aromatic hydroxyl groups is 1. The number of carbonyl (C=O) groups is 1. The van der Waals surface area contributed by atoms with Gasteiger partial charge in [0, 0.05) is 0 Å². The van der Waals surface area contributed by atoms with Gasteiger partial charge in [-0.25, -0.2) is 4.79 Å². The number of phenolic OH excluding ortho intramolecular Hbond substituents is 1. The largest absolute Gasteiger partial charge is 0.508 e. The Morgan fingerprint density at radius 2 is 2.00 bits per heavy atom. The van der Waals surface area contributed by atoms with Crippen molar-refractivity contribution in [1.82, 2.24) is 0 Å². The Bertz CT molecular complexity index is 354. The lowest BCUT2D eigenvalue weighted by atomic mass is 10.2. The van der Waals surface area contributed by atoms with E-state index in [1.807, 2.05) is 0 Å². The minimum Gasteiger partial charge on any atom is -0.508 e. The van der Waals surface area contributed by atoms with Gasteiger partial charge in [0.05, 0.1) is 7.11 Å². The standard InChI is InChI=1S/C10H9BrO3/c1-14-10(13)9(11)6-7-2-4-8(12)5-3-7/h2-6,12H,1H3/b9-6-. The van der Waals surface area contributed by atoms with Crippen LogP contribution in [0.3, 0.4) is 0 Å². The van der Waals surface area contributed by atoms with Gasteiger partial charge in [-0.2, -0.15) is 0 Å². The van der Waals surface area contributed by atoms with E-state index in [0.717, 1.165) is 5.56 Å². The van der Waals surface area contributed by atoms with E-state index in [1.165, 1.54) is 7.11 Å². The molecule has 1 aromatic rings. The summed E-state index contributed by atoms with van der Waals surface area (Å²) in [6.07, 6.45) is 1.62. The first-order chi connectivity index (χ1) is 6.63. The molecule has 0 saturated heterocycles. The van der Waals surface area contributed by atoms with Crippen LogP contribution in [-0.2, 0) is 9.53 Å². The van der Waals surface area contributed by atoms with Crippen molar-refractivity contribution in [3.05, 3.63) is 34.3 Å². The molecule has 14 heavy (non-hydrogen) atoms. The molecule has 0 amide bonds. The number of carbonyl (C=O) groups excluding carboxylic acids is 1. The molecule has 0 fully saturated rings. The first-order valence-corrected chi connectivity index (χ1v) is 4.67. The maximum atomic E-state index is 11.0. The van der Waals surface area contributed by atoms with Crippen molar-refractivity contribution in [1.29, 1.82) is 0 Å². The van der Waals surface area contributed by atoms with Crippen molar-refractivity contribution in [2.24, 2.45) is 0 Å². The van der Waals surface area contributed by atoms with E-state index in [2.05, 4.69) is 20.7 Å². The molecule has 0 aliphatic carbocycles. The van der Waals surface area contributed by atoms with Gasteiger partial charge in [0.15, 0.2) is 0 Å². The SMILES string of the molecule is COC(=O)/C(Br)=C/c1ccc(O)cc1. The zero-order chi connectivity index (χ0) is 10.6. The molecular weight excluding hydrogens is 248 g/mol. The van der Waals surface area contributed by atoms with Crippen LogP contribution in [0.4, 0.5) is 0 Å². The fraction of sp³-hybridized carbons (Fsp3) is 0.100. The third-order valence-electron chi connectivity index (χ3n) is 1.57. The van der Waals surface area contributed by atoms with Crippen LogP contribution in [0, 0.1) is 0 Å². The molecule has 1 rings (SSSR count). The second-order valence-electron chi connectivity index (χ2n) is 2.58. The molecule has 0 bridgehead atoms. The Labute approximate surface area is 90.1 Å². The molecule has 0 atom stereocenters. The van der Waals surface area contributed by atoms with E-state index in [9.17, 15) is 4.79 Å². The number of phenols is 1. The van der Waals surface area contributed by atoms with Gasteiger partial charge in [0.1, 0.15) is 10.2 Å². The van der Waals surface area contributed by atoms with Gasteiger partial charge in [-0.3, -0.25) is 0 Å². The normalized spacial score (nSPS) is 11.1. The van der Waals surface area contributed by atoms with Gasteiger partial charge in [0.2, 0.25) is 0 Å². The molecule has 0 heterocycles. The Morgan fingerprint density at radius 1 is 1.43 bits per heavy atom. The summed E-state index contributed by atoms with van der Waals surface area (Å²) in [4.78, 5) is 11.0. The molecule has 0 unspecified atom stereocenters. The molecule has 0 aliphatic rings. The zero-order valence-electron chi connectivity index (χ0n) is 7.53. The number of esters is 1. The predicted octanol–water partition coefficient (Wildman–Crippen LogP) is 2.30. The number of ether oxygens (including phenoxy) is 1. The van der Waals surface area contributed by atoms with E-state index < -0.39 is 5.97 Å². The molecular formula is C10H9BrO3. The molecule has 0 radical (unpaired) electrons. The van der Waals surface area contributed by atoms with Crippen LogP contribution in [0.5, 0.6) is 5.75 Å². The van der Waals surface area contributed by atoms with Gasteiger partial charge >= 0.3 is 5.97 Å². The molecule has 0 aliphatic heterocycles. The first kappa shape index (κ1) is 10.8. The van der Waals surface area contributed by atoms with Gasteiger partial charge in [-0.1, -0.05) is 12.1 Å². The third-order valence-corrected chi connectivity index (χ3v) is 2.12. The van der Waals surface area contributed by atoms with Crippen molar-refractivity contribution in [3.63, 3.8) is 0 Å². The van der Waals surface area contributed by atoms with E-state index in [0.29, 0.717) is 4.48 Å². The van der Waals surface area contributed by atoms with Crippen molar-refractivity contribution in [2.45, 2.75) is 0 Å². The number of hydrogen-bond acceptors (Lipinski definition) is 3. The average molecular weight is 257 g/mol. The van der Waals surface area contributed by atoms with Crippen LogP contribution < -0.4 is 0 Å². The van der Waals surface area contributed by atoms with Crippen molar-refractivity contribution in [2.75, 3.05) is 7.11 Å². The Kier molecular flexibility index (Phi) is 3.71. The van der Waals surface area contributed by atoms with Crippen molar-refractivity contribution in [3.8, 4) is 5.75 Å². The maximum absolute atomic E-state index is 11.0. The smallest absolute Gasteiger partial charge is 0.344 e. The van der Waals surface area contributed by atoms with Crippen LogP contribution >= 0.6 is 15.9 Å². The molecule has 1 N–H and O–H groups in total. The monoisotopic (exact) mass is 256 g/mol. The zero-order valence-corrected chi connectivity index (χ0v) is 9.11. The summed E-state index contributed by atoms with van der Waals surface area (Å²) in [5, 5.41) is 9.02. The predicted molar refractivity (Wildman–Crippen MR) is 57.0 cm³/mol. The van der Waals surface area contributed by atoms with Crippen molar-refractivity contribution < 1.29 is 14.6 Å². The molecule has 3 nitrogen and oxygen atoms in total. The van der Waals surface area contributed by atoms with E-state index >= 15 is 0 Å². The Balaban J connectivity index is 2.86. The highest BCUT2D eigenvalue weighted by molar-refractivity contribution is 9.12. The fourth-order valence-electron chi connectivity index (χ4n) is 0.873. The second-order valence-corrected chi connectivity index (χ2v) is 3.43. The van der Waals surface area contributed by atoms with Crippen LogP contribution in [-0.4, -0.2) is 18.2 Å². The number of halogens is 1. The second kappa shape index (κ2) is 4.81. The Hall–Kier alpha value is -1.29.